The van der Waals surface area contributed by atoms with Gasteiger partial charge in [0.2, 0.25) is 0 Å². The average molecular weight is 324 g/mol. The molecule has 0 nitrogen and oxygen atoms in total. The highest BCUT2D eigenvalue weighted by molar-refractivity contribution is 5.78. The molecule has 0 aromatic heterocycles. The van der Waals surface area contributed by atoms with Crippen LogP contribution in [0.4, 0.5) is 43.9 Å². The van der Waals surface area contributed by atoms with Crippen LogP contribution in [-0.2, 0) is 0 Å². The van der Waals surface area contributed by atoms with Gasteiger partial charge in [0.15, 0.2) is 23.3 Å². The molecule has 0 heterocycles. The molecule has 0 amide bonds. The van der Waals surface area contributed by atoms with E-state index in [0.717, 1.165) is 0 Å². The second-order valence-electron chi connectivity index (χ2n) is 4.17. The van der Waals surface area contributed by atoms with Crippen molar-refractivity contribution in [2.24, 2.45) is 0 Å². The Labute approximate surface area is 109 Å². The SMILES string of the molecule is FC1=C(c2cc(F)c(F)c(F)c2)C(F)(F)C(F)(F)C1(F)F. The van der Waals surface area contributed by atoms with Crippen LogP contribution in [0.5, 0.6) is 0 Å². The summed E-state index contributed by atoms with van der Waals surface area (Å²) in [5.41, 5.74) is -4.24. The van der Waals surface area contributed by atoms with E-state index in [2.05, 4.69) is 0 Å². The van der Waals surface area contributed by atoms with Crippen molar-refractivity contribution in [1.29, 1.82) is 0 Å². The molecule has 0 bridgehead atoms. The Morgan fingerprint density at radius 3 is 1.43 bits per heavy atom. The molecule has 0 unspecified atom stereocenters. The highest BCUT2D eigenvalue weighted by Gasteiger charge is 2.81. The van der Waals surface area contributed by atoms with Crippen molar-refractivity contribution in [2.75, 3.05) is 0 Å². The summed E-state index contributed by atoms with van der Waals surface area (Å²) in [6, 6.07) is -0.558. The Morgan fingerprint density at radius 1 is 0.667 bits per heavy atom. The van der Waals surface area contributed by atoms with Gasteiger partial charge in [0.25, 0.3) is 0 Å². The Morgan fingerprint density at radius 2 is 1.10 bits per heavy atom. The van der Waals surface area contributed by atoms with Crippen molar-refractivity contribution in [3.05, 3.63) is 41.0 Å². The van der Waals surface area contributed by atoms with Gasteiger partial charge in [-0.1, -0.05) is 0 Å². The van der Waals surface area contributed by atoms with E-state index in [-0.39, 0.29) is 12.1 Å². The van der Waals surface area contributed by atoms with Gasteiger partial charge < -0.3 is 0 Å². The highest BCUT2D eigenvalue weighted by atomic mass is 19.3. The van der Waals surface area contributed by atoms with Crippen molar-refractivity contribution in [3.63, 3.8) is 0 Å². The molecule has 1 aromatic rings. The number of hydrogen-bond acceptors (Lipinski definition) is 0. The van der Waals surface area contributed by atoms with Crippen LogP contribution in [0.15, 0.2) is 18.0 Å². The van der Waals surface area contributed by atoms with Crippen molar-refractivity contribution < 1.29 is 43.9 Å². The Hall–Kier alpha value is -1.74. The van der Waals surface area contributed by atoms with E-state index in [4.69, 9.17) is 0 Å². The number of rotatable bonds is 1. The van der Waals surface area contributed by atoms with Gasteiger partial charge in [-0.3, -0.25) is 0 Å². The summed E-state index contributed by atoms with van der Waals surface area (Å²) < 4.78 is 130. The van der Waals surface area contributed by atoms with Gasteiger partial charge in [-0.15, -0.1) is 0 Å². The minimum atomic E-state index is -6.14. The number of alkyl halides is 6. The first-order chi connectivity index (χ1) is 9.35. The maximum atomic E-state index is 13.3. The second-order valence-corrected chi connectivity index (χ2v) is 4.17. The third kappa shape index (κ3) is 1.77. The number of halogens is 10. The topological polar surface area (TPSA) is 0 Å². The van der Waals surface area contributed by atoms with E-state index in [0.29, 0.717) is 0 Å². The monoisotopic (exact) mass is 324 g/mol. The maximum Gasteiger partial charge on any atom is 0.383 e. The van der Waals surface area contributed by atoms with Gasteiger partial charge in [0.1, 0.15) is 0 Å². The summed E-state index contributed by atoms with van der Waals surface area (Å²) in [5, 5.41) is 0. The smallest absolute Gasteiger partial charge is 0.204 e. The Balaban J connectivity index is 2.77. The molecular weight excluding hydrogens is 322 g/mol. The molecule has 10 heteroatoms. The first kappa shape index (κ1) is 15.6. The quantitative estimate of drug-likeness (QED) is 0.519. The van der Waals surface area contributed by atoms with Crippen LogP contribution >= 0.6 is 0 Å². The third-order valence-corrected chi connectivity index (χ3v) is 2.87. The van der Waals surface area contributed by atoms with Gasteiger partial charge >= 0.3 is 17.8 Å². The largest absolute Gasteiger partial charge is 0.383 e. The standard InChI is InChI=1S/C11H2F10/c12-4-1-3(2-5(13)7(4)14)6-8(15)10(18,19)11(20,21)9(6,16)17/h1-2H. The molecule has 0 radical (unpaired) electrons. The molecule has 0 spiro atoms. The fourth-order valence-corrected chi connectivity index (χ4v) is 1.79. The predicted octanol–water partition coefficient (Wildman–Crippen LogP) is 4.70. The van der Waals surface area contributed by atoms with Crippen LogP contribution < -0.4 is 0 Å². The lowest BCUT2D eigenvalue weighted by Gasteiger charge is -2.24. The van der Waals surface area contributed by atoms with E-state index in [1.165, 1.54) is 0 Å². The van der Waals surface area contributed by atoms with Crippen LogP contribution in [0.3, 0.4) is 0 Å². The van der Waals surface area contributed by atoms with Gasteiger partial charge in [0, 0.05) is 0 Å². The molecule has 0 atom stereocenters. The Kier molecular flexibility index (Phi) is 3.08. The highest BCUT2D eigenvalue weighted by Crippen LogP contribution is 2.62. The van der Waals surface area contributed by atoms with E-state index >= 15 is 0 Å². The van der Waals surface area contributed by atoms with Crippen LogP contribution in [0.2, 0.25) is 0 Å². The first-order valence-electron chi connectivity index (χ1n) is 5.04. The molecule has 0 N–H and O–H groups in total. The second kappa shape index (κ2) is 4.14. The van der Waals surface area contributed by atoms with Crippen molar-refractivity contribution in [3.8, 4) is 0 Å². The van der Waals surface area contributed by atoms with Gasteiger partial charge in [-0.05, 0) is 17.7 Å². The van der Waals surface area contributed by atoms with Crippen molar-refractivity contribution in [2.45, 2.75) is 17.8 Å². The van der Waals surface area contributed by atoms with Crippen molar-refractivity contribution >= 4 is 5.57 Å². The molecule has 2 rings (SSSR count). The third-order valence-electron chi connectivity index (χ3n) is 2.87. The lowest BCUT2D eigenvalue weighted by molar-refractivity contribution is -0.263. The Bertz CT molecular complexity index is 619. The zero-order chi connectivity index (χ0) is 16.4. The van der Waals surface area contributed by atoms with Gasteiger partial charge in [-0.25, -0.2) is 17.6 Å². The minimum absolute atomic E-state index is 0.279. The number of benzene rings is 1. The first-order valence-corrected chi connectivity index (χ1v) is 5.04. The predicted molar refractivity (Wildman–Crippen MR) is 49.2 cm³/mol. The number of allylic oxidation sites excluding steroid dienone is 2. The molecule has 1 aliphatic rings. The molecule has 1 aromatic carbocycles. The summed E-state index contributed by atoms with van der Waals surface area (Å²) in [7, 11) is 0. The zero-order valence-corrected chi connectivity index (χ0v) is 9.43. The van der Waals surface area contributed by atoms with Gasteiger partial charge in [-0.2, -0.15) is 26.3 Å². The van der Waals surface area contributed by atoms with Crippen LogP contribution in [0, 0.1) is 17.5 Å². The number of hydrogen-bond donors (Lipinski definition) is 0. The molecule has 0 aliphatic heterocycles. The minimum Gasteiger partial charge on any atom is -0.204 e. The maximum absolute atomic E-state index is 13.3. The molecule has 0 saturated heterocycles. The lowest BCUT2D eigenvalue weighted by atomic mass is 10.0. The van der Waals surface area contributed by atoms with E-state index in [9.17, 15) is 43.9 Å². The lowest BCUT2D eigenvalue weighted by Crippen LogP contribution is -2.48. The van der Waals surface area contributed by atoms with Crippen molar-refractivity contribution in [1.82, 2.24) is 0 Å². The van der Waals surface area contributed by atoms with E-state index < -0.39 is 52.2 Å². The average Bonchev–Trinajstić information content (AvgIpc) is 2.42. The van der Waals surface area contributed by atoms with Crippen LogP contribution in [0.1, 0.15) is 5.56 Å². The molecule has 1 aliphatic carbocycles. The van der Waals surface area contributed by atoms with Gasteiger partial charge in [0.05, 0.1) is 5.57 Å². The molecular formula is C11H2F10. The fourth-order valence-electron chi connectivity index (χ4n) is 1.79. The summed E-state index contributed by atoms with van der Waals surface area (Å²) in [6.07, 6.45) is 0. The zero-order valence-electron chi connectivity index (χ0n) is 9.43. The van der Waals surface area contributed by atoms with Crippen LogP contribution in [-0.4, -0.2) is 17.8 Å². The van der Waals surface area contributed by atoms with E-state index in [1.54, 1.807) is 0 Å². The normalized spacial score (nSPS) is 22.8. The van der Waals surface area contributed by atoms with E-state index in [1.807, 2.05) is 0 Å². The summed E-state index contributed by atoms with van der Waals surface area (Å²) >= 11 is 0. The fraction of sp³-hybridized carbons (Fsp3) is 0.273. The summed E-state index contributed by atoms with van der Waals surface area (Å²) in [6.45, 7) is 0. The molecule has 116 valence electrons. The molecule has 21 heavy (non-hydrogen) atoms. The summed E-state index contributed by atoms with van der Waals surface area (Å²) in [5.74, 6) is -27.4. The summed E-state index contributed by atoms with van der Waals surface area (Å²) in [4.78, 5) is 0. The molecule has 0 fully saturated rings. The molecule has 0 saturated carbocycles. The van der Waals surface area contributed by atoms with Crippen LogP contribution in [0.25, 0.3) is 5.57 Å².